The van der Waals surface area contributed by atoms with Gasteiger partial charge in [0.05, 0.1) is 0 Å². The van der Waals surface area contributed by atoms with Crippen LogP contribution in [0.4, 0.5) is 5.69 Å². The van der Waals surface area contributed by atoms with Gasteiger partial charge in [-0.15, -0.1) is 0 Å². The number of carboxylic acid groups (broad SMARTS) is 1. The minimum absolute atomic E-state index is 0.0968. The van der Waals surface area contributed by atoms with Crippen LogP contribution in [0.1, 0.15) is 31.2 Å². The highest BCUT2D eigenvalue weighted by atomic mass is 16.4. The molecule has 1 aliphatic rings. The van der Waals surface area contributed by atoms with Gasteiger partial charge in [0.1, 0.15) is 6.54 Å². The first-order valence-corrected chi connectivity index (χ1v) is 6.68. The first-order chi connectivity index (χ1) is 8.65. The molecule has 1 fully saturated rings. The van der Waals surface area contributed by atoms with E-state index in [0.717, 1.165) is 12.2 Å². The normalized spacial score (nSPS) is 15.8. The molecule has 1 N–H and O–H groups in total. The number of nitrogens with zero attached hydrogens (tertiary/aromatic N) is 1. The van der Waals surface area contributed by atoms with Crippen LogP contribution in [0.2, 0.25) is 0 Å². The van der Waals surface area contributed by atoms with Crippen molar-refractivity contribution in [3.05, 3.63) is 29.8 Å². The average Bonchev–Trinajstić information content (AvgIpc) is 2.81. The van der Waals surface area contributed by atoms with Gasteiger partial charge in [-0.05, 0) is 37.8 Å². The number of aliphatic carboxylic acids is 1. The molecule has 0 aromatic heterocycles. The minimum Gasteiger partial charge on any atom is -0.480 e. The summed E-state index contributed by atoms with van der Waals surface area (Å²) in [6.07, 6.45) is 5.06. The fourth-order valence-corrected chi connectivity index (χ4v) is 2.68. The molecule has 18 heavy (non-hydrogen) atoms. The van der Waals surface area contributed by atoms with Crippen molar-refractivity contribution in [1.82, 2.24) is 0 Å². The van der Waals surface area contributed by atoms with E-state index in [9.17, 15) is 4.79 Å². The number of benzene rings is 1. The van der Waals surface area contributed by atoms with Crippen LogP contribution in [0.5, 0.6) is 0 Å². The minimum atomic E-state index is -0.756. The van der Waals surface area contributed by atoms with Crippen molar-refractivity contribution in [2.75, 3.05) is 18.0 Å². The summed E-state index contributed by atoms with van der Waals surface area (Å²) in [5.74, 6) is -0.0979. The van der Waals surface area contributed by atoms with E-state index in [1.165, 1.54) is 31.2 Å². The van der Waals surface area contributed by atoms with Crippen LogP contribution >= 0.6 is 0 Å². The number of hydrogen-bond donors (Lipinski definition) is 1. The van der Waals surface area contributed by atoms with Gasteiger partial charge >= 0.3 is 5.97 Å². The highest BCUT2D eigenvalue weighted by molar-refractivity contribution is 5.73. The molecule has 1 saturated carbocycles. The van der Waals surface area contributed by atoms with Crippen molar-refractivity contribution in [2.45, 2.75) is 32.6 Å². The van der Waals surface area contributed by atoms with Gasteiger partial charge in [0.25, 0.3) is 0 Å². The summed E-state index contributed by atoms with van der Waals surface area (Å²) in [6, 6.07) is 8.12. The number of hydrogen-bond acceptors (Lipinski definition) is 2. The van der Waals surface area contributed by atoms with E-state index >= 15 is 0 Å². The highest BCUT2D eigenvalue weighted by Gasteiger charge is 2.20. The Morgan fingerprint density at radius 3 is 2.44 bits per heavy atom. The third-order valence-corrected chi connectivity index (χ3v) is 3.68. The fraction of sp³-hybridized carbons (Fsp3) is 0.533. The van der Waals surface area contributed by atoms with Crippen molar-refractivity contribution in [1.29, 1.82) is 0 Å². The lowest BCUT2D eigenvalue weighted by atomic mass is 10.1. The van der Waals surface area contributed by atoms with Gasteiger partial charge in [0.2, 0.25) is 0 Å². The summed E-state index contributed by atoms with van der Waals surface area (Å²) in [7, 11) is 0. The van der Waals surface area contributed by atoms with E-state index in [-0.39, 0.29) is 6.54 Å². The van der Waals surface area contributed by atoms with Crippen molar-refractivity contribution < 1.29 is 9.90 Å². The summed E-state index contributed by atoms with van der Waals surface area (Å²) in [5, 5.41) is 9.03. The molecule has 3 heteroatoms. The van der Waals surface area contributed by atoms with E-state index in [0.29, 0.717) is 5.92 Å². The van der Waals surface area contributed by atoms with Crippen LogP contribution in [-0.4, -0.2) is 24.2 Å². The van der Waals surface area contributed by atoms with Gasteiger partial charge in [0, 0.05) is 12.2 Å². The van der Waals surface area contributed by atoms with E-state index in [1.54, 1.807) is 0 Å². The molecule has 0 heterocycles. The molecule has 3 nitrogen and oxygen atoms in total. The van der Waals surface area contributed by atoms with Crippen molar-refractivity contribution in [3.8, 4) is 0 Å². The molecule has 0 bridgehead atoms. The molecule has 2 rings (SSSR count). The number of carbonyl (C=O) groups is 1. The average molecular weight is 247 g/mol. The lowest BCUT2D eigenvalue weighted by Gasteiger charge is -2.26. The van der Waals surface area contributed by atoms with Crippen LogP contribution in [0, 0.1) is 12.8 Å². The zero-order valence-electron chi connectivity index (χ0n) is 10.9. The quantitative estimate of drug-likeness (QED) is 0.869. The summed E-state index contributed by atoms with van der Waals surface area (Å²) < 4.78 is 0. The second-order valence-corrected chi connectivity index (χ2v) is 5.26. The highest BCUT2D eigenvalue weighted by Crippen LogP contribution is 2.27. The Balaban J connectivity index is 2.07. The number of rotatable bonds is 5. The predicted molar refractivity (Wildman–Crippen MR) is 73.0 cm³/mol. The van der Waals surface area contributed by atoms with Gasteiger partial charge in [-0.25, -0.2) is 0 Å². The van der Waals surface area contributed by atoms with E-state index in [1.807, 2.05) is 36.1 Å². The number of anilines is 1. The zero-order valence-corrected chi connectivity index (χ0v) is 10.9. The van der Waals surface area contributed by atoms with E-state index in [2.05, 4.69) is 0 Å². The monoisotopic (exact) mass is 247 g/mol. The Morgan fingerprint density at radius 1 is 1.28 bits per heavy atom. The van der Waals surface area contributed by atoms with Gasteiger partial charge in [0.15, 0.2) is 0 Å². The largest absolute Gasteiger partial charge is 0.480 e. The Kier molecular flexibility index (Phi) is 4.24. The second-order valence-electron chi connectivity index (χ2n) is 5.26. The lowest BCUT2D eigenvalue weighted by molar-refractivity contribution is -0.135. The lowest BCUT2D eigenvalue weighted by Crippen LogP contribution is -2.33. The molecular weight excluding hydrogens is 226 g/mol. The Labute approximate surface area is 108 Å². The van der Waals surface area contributed by atoms with Crippen molar-refractivity contribution >= 4 is 11.7 Å². The van der Waals surface area contributed by atoms with Gasteiger partial charge < -0.3 is 10.0 Å². The van der Waals surface area contributed by atoms with Crippen molar-refractivity contribution in [2.24, 2.45) is 5.92 Å². The Bertz CT molecular complexity index is 393. The summed E-state index contributed by atoms with van der Waals surface area (Å²) >= 11 is 0. The SMILES string of the molecule is Cc1ccc(N(CC(=O)O)CC2CCCC2)cc1. The van der Waals surface area contributed by atoms with Crippen LogP contribution in [-0.2, 0) is 4.79 Å². The molecule has 0 radical (unpaired) electrons. The van der Waals surface area contributed by atoms with Crippen LogP contribution in [0.25, 0.3) is 0 Å². The number of aryl methyl sites for hydroxylation is 1. The summed E-state index contributed by atoms with van der Waals surface area (Å²) in [6.45, 7) is 3.01. The number of carboxylic acids is 1. The summed E-state index contributed by atoms with van der Waals surface area (Å²) in [4.78, 5) is 13.0. The molecule has 0 amide bonds. The van der Waals surface area contributed by atoms with E-state index in [4.69, 9.17) is 5.11 Å². The molecule has 98 valence electrons. The first-order valence-electron chi connectivity index (χ1n) is 6.68. The molecule has 0 atom stereocenters. The second kappa shape index (κ2) is 5.89. The molecule has 0 saturated heterocycles. The third-order valence-electron chi connectivity index (χ3n) is 3.68. The van der Waals surface area contributed by atoms with Gasteiger partial charge in [-0.2, -0.15) is 0 Å². The molecule has 1 aromatic carbocycles. The molecular formula is C15H21NO2. The third kappa shape index (κ3) is 3.49. The maximum absolute atomic E-state index is 11.0. The van der Waals surface area contributed by atoms with Crippen molar-refractivity contribution in [3.63, 3.8) is 0 Å². The molecule has 0 spiro atoms. The van der Waals surface area contributed by atoms with E-state index < -0.39 is 5.97 Å². The molecule has 1 aromatic rings. The fourth-order valence-electron chi connectivity index (χ4n) is 2.68. The maximum atomic E-state index is 11.0. The standard InChI is InChI=1S/C15H21NO2/c1-12-6-8-14(9-7-12)16(11-15(17)18)10-13-4-2-3-5-13/h6-9,13H,2-5,10-11H2,1H3,(H,17,18). The topological polar surface area (TPSA) is 40.5 Å². The Hall–Kier alpha value is -1.51. The van der Waals surface area contributed by atoms with Crippen LogP contribution in [0.3, 0.4) is 0 Å². The molecule has 1 aliphatic carbocycles. The van der Waals surface area contributed by atoms with Crippen LogP contribution < -0.4 is 4.90 Å². The molecule has 0 aliphatic heterocycles. The predicted octanol–water partition coefficient (Wildman–Crippen LogP) is 3.08. The Morgan fingerprint density at radius 2 is 1.89 bits per heavy atom. The summed E-state index contributed by atoms with van der Waals surface area (Å²) in [5.41, 5.74) is 2.23. The maximum Gasteiger partial charge on any atom is 0.323 e. The zero-order chi connectivity index (χ0) is 13.0. The van der Waals surface area contributed by atoms with Gasteiger partial charge in [-0.3, -0.25) is 4.79 Å². The van der Waals surface area contributed by atoms with Crippen LogP contribution in [0.15, 0.2) is 24.3 Å². The molecule has 0 unspecified atom stereocenters. The smallest absolute Gasteiger partial charge is 0.323 e. The first kappa shape index (κ1) is 12.9. The van der Waals surface area contributed by atoms with Gasteiger partial charge in [-0.1, -0.05) is 30.5 Å².